The highest BCUT2D eigenvalue weighted by Crippen LogP contribution is 2.24. The number of carbonyl (C=O) groups excluding carboxylic acids is 1. The van der Waals surface area contributed by atoms with Crippen molar-refractivity contribution in [1.82, 2.24) is 25.0 Å². The summed E-state index contributed by atoms with van der Waals surface area (Å²) in [5, 5.41) is 6.87. The molecule has 3 aliphatic heterocycles. The summed E-state index contributed by atoms with van der Waals surface area (Å²) in [6.45, 7) is 9.19. The number of thiazole rings is 1. The largest absolute Gasteiger partial charge is 0.356 e. The topological polar surface area (TPSA) is 67.3 Å². The number of piperazine rings is 1. The maximum absolute atomic E-state index is 12.5. The number of aromatic nitrogens is 1. The lowest BCUT2D eigenvalue weighted by Gasteiger charge is -2.37. The van der Waals surface area contributed by atoms with Crippen LogP contribution in [0.2, 0.25) is 0 Å². The molecule has 0 aromatic carbocycles. The van der Waals surface area contributed by atoms with Crippen LogP contribution in [-0.2, 0) is 11.2 Å². The van der Waals surface area contributed by atoms with Crippen LogP contribution >= 0.6 is 35.3 Å². The Hall–Kier alpha value is -1.14. The van der Waals surface area contributed by atoms with Crippen molar-refractivity contribution in [3.63, 3.8) is 0 Å². The number of aliphatic imine (C=N–C) groups is 1. The molecule has 180 valence electrons. The summed E-state index contributed by atoms with van der Waals surface area (Å²) in [5.74, 6) is 1.25. The molecule has 0 atom stereocenters. The fourth-order valence-corrected chi connectivity index (χ4v) is 5.57. The number of likely N-dealkylation sites (tertiary alicyclic amines) is 1. The van der Waals surface area contributed by atoms with Crippen LogP contribution in [-0.4, -0.2) is 104 Å². The van der Waals surface area contributed by atoms with Gasteiger partial charge in [-0.05, 0) is 32.1 Å². The third-order valence-electron chi connectivity index (χ3n) is 6.53. The predicted octanol–water partition coefficient (Wildman–Crippen LogP) is 2.11. The van der Waals surface area contributed by atoms with Gasteiger partial charge in [0.15, 0.2) is 11.1 Å². The normalized spacial score (nSPS) is 20.4. The number of rotatable bonds is 6. The minimum absolute atomic E-state index is 0. The van der Waals surface area contributed by atoms with Crippen molar-refractivity contribution in [2.45, 2.75) is 38.5 Å². The molecule has 4 heterocycles. The van der Waals surface area contributed by atoms with E-state index >= 15 is 0 Å². The molecule has 1 aromatic rings. The highest BCUT2D eigenvalue weighted by Gasteiger charge is 2.24. The van der Waals surface area contributed by atoms with Gasteiger partial charge in [0.05, 0.1) is 12.2 Å². The van der Waals surface area contributed by atoms with Crippen molar-refractivity contribution in [2.75, 3.05) is 77.4 Å². The zero-order chi connectivity index (χ0) is 21.5. The smallest absolute Gasteiger partial charge is 0.236 e. The molecule has 32 heavy (non-hydrogen) atoms. The summed E-state index contributed by atoms with van der Waals surface area (Å²) in [6, 6.07) is 0. The molecule has 3 saturated heterocycles. The number of nitrogens with zero attached hydrogens (tertiary/aromatic N) is 6. The molecule has 0 bridgehead atoms. The van der Waals surface area contributed by atoms with Crippen LogP contribution in [0.15, 0.2) is 10.4 Å². The Kier molecular flexibility index (Phi) is 10.3. The third-order valence-corrected chi connectivity index (χ3v) is 7.48. The van der Waals surface area contributed by atoms with Crippen LogP contribution in [0.5, 0.6) is 0 Å². The van der Waals surface area contributed by atoms with E-state index in [0.29, 0.717) is 12.5 Å². The van der Waals surface area contributed by atoms with Crippen LogP contribution in [0.3, 0.4) is 0 Å². The van der Waals surface area contributed by atoms with Gasteiger partial charge in [-0.2, -0.15) is 0 Å². The van der Waals surface area contributed by atoms with E-state index in [1.54, 1.807) is 11.3 Å². The lowest BCUT2D eigenvalue weighted by Crippen LogP contribution is -2.54. The van der Waals surface area contributed by atoms with Gasteiger partial charge >= 0.3 is 0 Å². The molecular formula is C22H38IN7OS. The Morgan fingerprint density at radius 3 is 2.38 bits per heavy atom. The zero-order valence-electron chi connectivity index (χ0n) is 19.3. The summed E-state index contributed by atoms with van der Waals surface area (Å²) in [5.41, 5.74) is 1.16. The minimum Gasteiger partial charge on any atom is -0.356 e. The number of carbonyl (C=O) groups is 1. The van der Waals surface area contributed by atoms with Gasteiger partial charge in [-0.3, -0.25) is 14.7 Å². The van der Waals surface area contributed by atoms with Crippen LogP contribution in [0.4, 0.5) is 5.13 Å². The number of nitrogens with one attached hydrogen (secondary N) is 1. The first-order valence-corrected chi connectivity index (χ1v) is 12.8. The molecule has 0 unspecified atom stereocenters. The Morgan fingerprint density at radius 1 is 1.00 bits per heavy atom. The van der Waals surface area contributed by atoms with Crippen LogP contribution in [0, 0.1) is 0 Å². The Morgan fingerprint density at radius 2 is 1.69 bits per heavy atom. The maximum atomic E-state index is 12.5. The molecule has 1 amide bonds. The van der Waals surface area contributed by atoms with Crippen molar-refractivity contribution >= 4 is 52.3 Å². The Labute approximate surface area is 213 Å². The molecule has 3 aliphatic rings. The molecule has 3 fully saturated rings. The van der Waals surface area contributed by atoms with Crippen LogP contribution in [0.1, 0.15) is 37.8 Å². The van der Waals surface area contributed by atoms with Gasteiger partial charge in [-0.25, -0.2) is 4.98 Å². The quantitative estimate of drug-likeness (QED) is 0.319. The summed E-state index contributed by atoms with van der Waals surface area (Å²) in [7, 11) is 1.85. The van der Waals surface area contributed by atoms with Gasteiger partial charge in [0.25, 0.3) is 0 Å². The average Bonchev–Trinajstić information content (AvgIpc) is 3.50. The summed E-state index contributed by atoms with van der Waals surface area (Å²) >= 11 is 1.76. The van der Waals surface area contributed by atoms with E-state index in [0.717, 1.165) is 89.8 Å². The molecule has 0 saturated carbocycles. The Bertz CT molecular complexity index is 738. The van der Waals surface area contributed by atoms with E-state index in [1.165, 1.54) is 24.4 Å². The number of anilines is 1. The van der Waals surface area contributed by atoms with Gasteiger partial charge in [0, 0.05) is 77.8 Å². The fraction of sp³-hybridized carbons (Fsp3) is 0.773. The Balaban J connectivity index is 0.00000289. The van der Waals surface area contributed by atoms with Crippen molar-refractivity contribution in [2.24, 2.45) is 4.99 Å². The van der Waals surface area contributed by atoms with Crippen molar-refractivity contribution in [3.05, 3.63) is 11.1 Å². The van der Waals surface area contributed by atoms with Crippen molar-refractivity contribution < 1.29 is 4.79 Å². The minimum atomic E-state index is 0. The van der Waals surface area contributed by atoms with Gasteiger partial charge in [-0.1, -0.05) is 0 Å². The number of hydrogen-bond acceptors (Lipinski definition) is 6. The van der Waals surface area contributed by atoms with E-state index in [1.807, 2.05) is 11.9 Å². The molecule has 10 heteroatoms. The second-order valence-electron chi connectivity index (χ2n) is 8.74. The predicted molar refractivity (Wildman–Crippen MR) is 142 cm³/mol. The van der Waals surface area contributed by atoms with Crippen molar-refractivity contribution in [3.8, 4) is 0 Å². The number of halogens is 1. The second kappa shape index (κ2) is 12.9. The van der Waals surface area contributed by atoms with Crippen LogP contribution in [0.25, 0.3) is 0 Å². The van der Waals surface area contributed by atoms with E-state index < -0.39 is 0 Å². The lowest BCUT2D eigenvalue weighted by atomic mass is 10.1. The maximum Gasteiger partial charge on any atom is 0.236 e. The number of piperidine rings is 1. The summed E-state index contributed by atoms with van der Waals surface area (Å²) < 4.78 is 0. The summed E-state index contributed by atoms with van der Waals surface area (Å²) in [6.07, 6.45) is 7.05. The van der Waals surface area contributed by atoms with Crippen molar-refractivity contribution in [1.29, 1.82) is 0 Å². The average molecular weight is 576 g/mol. The monoisotopic (exact) mass is 575 g/mol. The number of guanidine groups is 1. The summed E-state index contributed by atoms with van der Waals surface area (Å²) in [4.78, 5) is 30.9. The van der Waals surface area contributed by atoms with Gasteiger partial charge in [-0.15, -0.1) is 35.3 Å². The molecule has 1 aromatic heterocycles. The molecule has 4 rings (SSSR count). The number of hydrogen-bond donors (Lipinski definition) is 1. The van der Waals surface area contributed by atoms with E-state index in [4.69, 9.17) is 4.98 Å². The first kappa shape index (κ1) is 25.5. The first-order valence-electron chi connectivity index (χ1n) is 11.9. The highest BCUT2D eigenvalue weighted by molar-refractivity contribution is 14.0. The van der Waals surface area contributed by atoms with Crippen LogP contribution < -0.4 is 10.2 Å². The van der Waals surface area contributed by atoms with E-state index in [9.17, 15) is 4.79 Å². The van der Waals surface area contributed by atoms with Gasteiger partial charge in [0.2, 0.25) is 5.91 Å². The number of amides is 1. The second-order valence-corrected chi connectivity index (χ2v) is 9.58. The lowest BCUT2D eigenvalue weighted by molar-refractivity contribution is -0.133. The molecule has 0 radical (unpaired) electrons. The highest BCUT2D eigenvalue weighted by atomic mass is 127. The SMILES string of the molecule is CN=C(NCCc1csc(N2CCCC2)n1)N1CCN(CC(=O)N2CCCCC2)CC1.I. The molecule has 8 nitrogen and oxygen atoms in total. The first-order chi connectivity index (χ1) is 15.2. The molecule has 0 spiro atoms. The zero-order valence-corrected chi connectivity index (χ0v) is 22.4. The van der Waals surface area contributed by atoms with Gasteiger partial charge in [0.1, 0.15) is 0 Å². The molecule has 0 aliphatic carbocycles. The molecular weight excluding hydrogens is 537 g/mol. The van der Waals surface area contributed by atoms with E-state index in [2.05, 4.69) is 30.4 Å². The van der Waals surface area contributed by atoms with E-state index in [-0.39, 0.29) is 24.0 Å². The standard InChI is InChI=1S/C22H37N7OS.HI/c1-23-21(24-8-7-19-18-31-22(25-19)29-11-5-6-12-29)28-15-13-26(14-16-28)17-20(30)27-9-3-2-4-10-27;/h18H,2-17H2,1H3,(H,23,24);1H. The fourth-order valence-electron chi connectivity index (χ4n) is 4.65. The third kappa shape index (κ3) is 6.93. The molecule has 1 N–H and O–H groups in total. The van der Waals surface area contributed by atoms with Gasteiger partial charge < -0.3 is 20.0 Å².